The Morgan fingerprint density at radius 1 is 1.00 bits per heavy atom. The number of ether oxygens (including phenoxy) is 2. The van der Waals surface area contributed by atoms with Gasteiger partial charge in [-0.25, -0.2) is 0 Å². The fourth-order valence-corrected chi connectivity index (χ4v) is 1.96. The monoisotopic (exact) mass is 276 g/mol. The van der Waals surface area contributed by atoms with Gasteiger partial charge >= 0.3 is 0 Å². The van der Waals surface area contributed by atoms with Crippen molar-refractivity contribution in [2.45, 2.75) is 20.5 Å². The van der Waals surface area contributed by atoms with Crippen LogP contribution in [0.25, 0.3) is 0 Å². The maximum Gasteiger partial charge on any atom is 0.161 e. The van der Waals surface area contributed by atoms with Gasteiger partial charge in [-0.1, -0.05) is 35.9 Å². The molecule has 2 aromatic rings. The molecule has 0 bridgehead atoms. The van der Waals surface area contributed by atoms with E-state index in [0.29, 0.717) is 18.2 Å². The molecule has 2 nitrogen and oxygen atoms in total. The van der Waals surface area contributed by atoms with Crippen molar-refractivity contribution in [3.05, 3.63) is 58.6 Å². The number of hydrogen-bond acceptors (Lipinski definition) is 2. The third kappa shape index (κ3) is 3.65. The molecule has 0 unspecified atom stereocenters. The van der Waals surface area contributed by atoms with Crippen LogP contribution in [0.15, 0.2) is 42.5 Å². The molecule has 3 heteroatoms. The molecule has 0 aliphatic heterocycles. The zero-order chi connectivity index (χ0) is 13.7. The summed E-state index contributed by atoms with van der Waals surface area (Å²) >= 11 is 6.11. The molecule has 0 N–H and O–H groups in total. The highest BCUT2D eigenvalue weighted by Crippen LogP contribution is 2.29. The molecule has 0 aromatic heterocycles. The van der Waals surface area contributed by atoms with Crippen molar-refractivity contribution in [1.29, 1.82) is 0 Å². The Balaban J connectivity index is 2.13. The molecule has 0 aliphatic carbocycles. The minimum atomic E-state index is 0.433. The predicted octanol–water partition coefficient (Wildman–Crippen LogP) is 4.63. The predicted molar refractivity (Wildman–Crippen MR) is 78.1 cm³/mol. The molecule has 100 valence electrons. The summed E-state index contributed by atoms with van der Waals surface area (Å²) in [6.07, 6.45) is 0. The van der Waals surface area contributed by atoms with Crippen molar-refractivity contribution >= 4 is 11.6 Å². The van der Waals surface area contributed by atoms with Gasteiger partial charge in [-0.3, -0.25) is 0 Å². The van der Waals surface area contributed by atoms with E-state index in [9.17, 15) is 0 Å². The summed E-state index contributed by atoms with van der Waals surface area (Å²) in [5.74, 6) is 1.52. The second-order valence-electron chi connectivity index (χ2n) is 4.26. The highest BCUT2D eigenvalue weighted by atomic mass is 35.5. The maximum absolute atomic E-state index is 6.11. The fourth-order valence-electron chi connectivity index (χ4n) is 1.77. The Labute approximate surface area is 118 Å². The van der Waals surface area contributed by atoms with Gasteiger partial charge in [0.15, 0.2) is 11.5 Å². The lowest BCUT2D eigenvalue weighted by atomic mass is 10.2. The summed E-state index contributed by atoms with van der Waals surface area (Å²) in [7, 11) is 0. The van der Waals surface area contributed by atoms with Crippen LogP contribution >= 0.6 is 11.6 Å². The minimum absolute atomic E-state index is 0.433. The Morgan fingerprint density at radius 2 is 1.79 bits per heavy atom. The van der Waals surface area contributed by atoms with Gasteiger partial charge in [0.1, 0.15) is 6.61 Å². The molecule has 0 heterocycles. The third-order valence-corrected chi connectivity index (χ3v) is 3.11. The third-order valence-electron chi connectivity index (χ3n) is 2.74. The largest absolute Gasteiger partial charge is 0.490 e. The average Bonchev–Trinajstić information content (AvgIpc) is 2.40. The lowest BCUT2D eigenvalue weighted by molar-refractivity contribution is 0.269. The van der Waals surface area contributed by atoms with Crippen LogP contribution < -0.4 is 9.47 Å². The molecule has 2 aromatic carbocycles. The summed E-state index contributed by atoms with van der Waals surface area (Å²) in [5.41, 5.74) is 2.11. The second-order valence-corrected chi connectivity index (χ2v) is 4.67. The van der Waals surface area contributed by atoms with Crippen LogP contribution in [0.5, 0.6) is 11.5 Å². The quantitative estimate of drug-likeness (QED) is 0.793. The van der Waals surface area contributed by atoms with Gasteiger partial charge in [0, 0.05) is 10.6 Å². The van der Waals surface area contributed by atoms with E-state index in [0.717, 1.165) is 22.6 Å². The molecular formula is C16H17ClO2. The Kier molecular flexibility index (Phi) is 4.69. The molecule has 19 heavy (non-hydrogen) atoms. The average molecular weight is 277 g/mol. The van der Waals surface area contributed by atoms with E-state index in [4.69, 9.17) is 21.1 Å². The van der Waals surface area contributed by atoms with Crippen LogP contribution in [0.4, 0.5) is 0 Å². The van der Waals surface area contributed by atoms with E-state index >= 15 is 0 Å². The van der Waals surface area contributed by atoms with E-state index < -0.39 is 0 Å². The van der Waals surface area contributed by atoms with Crippen molar-refractivity contribution < 1.29 is 9.47 Å². The number of rotatable bonds is 5. The molecule has 0 saturated heterocycles. The van der Waals surface area contributed by atoms with E-state index in [2.05, 4.69) is 0 Å². The van der Waals surface area contributed by atoms with Crippen molar-refractivity contribution in [3.63, 3.8) is 0 Å². The van der Waals surface area contributed by atoms with Gasteiger partial charge in [-0.15, -0.1) is 0 Å². The van der Waals surface area contributed by atoms with Crippen LogP contribution in [0.3, 0.4) is 0 Å². The zero-order valence-electron chi connectivity index (χ0n) is 11.2. The molecule has 0 saturated carbocycles. The van der Waals surface area contributed by atoms with Gasteiger partial charge in [-0.2, -0.15) is 0 Å². The topological polar surface area (TPSA) is 18.5 Å². The first-order valence-electron chi connectivity index (χ1n) is 6.30. The highest BCUT2D eigenvalue weighted by Gasteiger charge is 2.06. The molecule has 2 rings (SSSR count). The Hall–Kier alpha value is -1.67. The summed E-state index contributed by atoms with van der Waals surface area (Å²) in [4.78, 5) is 0. The molecule has 0 aliphatic rings. The SMILES string of the molecule is CCOc1cc(C)ccc1OCc1ccccc1Cl. The fraction of sp³-hybridized carbons (Fsp3) is 0.250. The van der Waals surface area contributed by atoms with E-state index in [-0.39, 0.29) is 0 Å². The molecule has 0 fully saturated rings. The van der Waals surface area contributed by atoms with Crippen LogP contribution in [0.2, 0.25) is 5.02 Å². The molecular weight excluding hydrogens is 260 g/mol. The van der Waals surface area contributed by atoms with Crippen LogP contribution in [-0.4, -0.2) is 6.61 Å². The van der Waals surface area contributed by atoms with Gasteiger partial charge in [0.05, 0.1) is 6.61 Å². The van der Waals surface area contributed by atoms with Crippen molar-refractivity contribution in [2.24, 2.45) is 0 Å². The lowest BCUT2D eigenvalue weighted by Crippen LogP contribution is -2.00. The molecule has 0 amide bonds. The van der Waals surface area contributed by atoms with Crippen molar-refractivity contribution in [3.8, 4) is 11.5 Å². The number of benzene rings is 2. The summed E-state index contributed by atoms with van der Waals surface area (Å²) < 4.78 is 11.4. The van der Waals surface area contributed by atoms with E-state index in [1.54, 1.807) is 0 Å². The smallest absolute Gasteiger partial charge is 0.161 e. The normalized spacial score (nSPS) is 10.3. The summed E-state index contributed by atoms with van der Waals surface area (Å²) in [5, 5.41) is 0.715. The van der Waals surface area contributed by atoms with Crippen LogP contribution in [0, 0.1) is 6.92 Å². The number of halogens is 1. The number of aryl methyl sites for hydroxylation is 1. The van der Waals surface area contributed by atoms with Crippen molar-refractivity contribution in [2.75, 3.05) is 6.61 Å². The second kappa shape index (κ2) is 6.48. The van der Waals surface area contributed by atoms with Crippen LogP contribution in [-0.2, 0) is 6.61 Å². The van der Waals surface area contributed by atoms with Crippen molar-refractivity contribution in [1.82, 2.24) is 0 Å². The van der Waals surface area contributed by atoms with Gasteiger partial charge in [0.2, 0.25) is 0 Å². The van der Waals surface area contributed by atoms with Gasteiger partial charge in [0.25, 0.3) is 0 Å². The van der Waals surface area contributed by atoms with E-state index in [1.807, 2.05) is 56.3 Å². The van der Waals surface area contributed by atoms with Gasteiger partial charge < -0.3 is 9.47 Å². The highest BCUT2D eigenvalue weighted by molar-refractivity contribution is 6.31. The maximum atomic E-state index is 6.11. The first kappa shape index (κ1) is 13.8. The Bertz CT molecular complexity index is 552. The lowest BCUT2D eigenvalue weighted by Gasteiger charge is -2.13. The zero-order valence-corrected chi connectivity index (χ0v) is 11.9. The van der Waals surface area contributed by atoms with E-state index in [1.165, 1.54) is 0 Å². The number of hydrogen-bond donors (Lipinski definition) is 0. The molecule has 0 radical (unpaired) electrons. The first-order valence-corrected chi connectivity index (χ1v) is 6.68. The van der Waals surface area contributed by atoms with Crippen LogP contribution in [0.1, 0.15) is 18.1 Å². The first-order chi connectivity index (χ1) is 9.20. The summed E-state index contributed by atoms with van der Waals surface area (Å²) in [6.45, 7) is 5.04. The molecule has 0 spiro atoms. The minimum Gasteiger partial charge on any atom is -0.490 e. The molecule has 0 atom stereocenters. The summed E-state index contributed by atoms with van der Waals surface area (Å²) in [6, 6.07) is 13.6. The Morgan fingerprint density at radius 3 is 2.53 bits per heavy atom. The van der Waals surface area contributed by atoms with Gasteiger partial charge in [-0.05, 0) is 37.6 Å². The standard InChI is InChI=1S/C16H17ClO2/c1-3-18-16-10-12(2)8-9-15(16)19-11-13-6-4-5-7-14(13)17/h4-10H,3,11H2,1-2H3.